The Morgan fingerprint density at radius 1 is 1.41 bits per heavy atom. The second-order valence-electron chi connectivity index (χ2n) is 3.72. The predicted molar refractivity (Wildman–Crippen MR) is 61.5 cm³/mol. The summed E-state index contributed by atoms with van der Waals surface area (Å²) in [5, 5.41) is 8.70. The number of rotatable bonds is 5. The number of aliphatic carboxylic acids is 1. The van der Waals surface area contributed by atoms with Crippen LogP contribution >= 0.6 is 0 Å². The van der Waals surface area contributed by atoms with E-state index >= 15 is 0 Å². The number of hydrogen-bond acceptors (Lipinski definition) is 4. The van der Waals surface area contributed by atoms with Crippen molar-refractivity contribution in [2.45, 2.75) is 18.9 Å². The molecule has 1 rings (SSSR count). The van der Waals surface area contributed by atoms with Crippen molar-refractivity contribution in [3.8, 4) is 0 Å². The van der Waals surface area contributed by atoms with Gasteiger partial charge in [-0.1, -0.05) is 24.3 Å². The third-order valence-corrected chi connectivity index (χ3v) is 2.34. The number of esters is 1. The van der Waals surface area contributed by atoms with Crippen molar-refractivity contribution in [1.29, 1.82) is 0 Å². The van der Waals surface area contributed by atoms with Gasteiger partial charge in [-0.2, -0.15) is 0 Å². The predicted octanol–water partition coefficient (Wildman–Crippen LogP) is 0.356. The topological polar surface area (TPSA) is 89.6 Å². The van der Waals surface area contributed by atoms with Crippen LogP contribution in [0, 0.1) is 0 Å². The van der Waals surface area contributed by atoms with E-state index in [-0.39, 0.29) is 18.8 Å². The molecule has 0 saturated carbocycles. The van der Waals surface area contributed by atoms with Gasteiger partial charge in [0, 0.05) is 0 Å². The van der Waals surface area contributed by atoms with Gasteiger partial charge >= 0.3 is 11.9 Å². The number of benzene rings is 1. The molecule has 0 saturated heterocycles. The first-order valence-electron chi connectivity index (χ1n) is 5.16. The molecule has 0 heterocycles. The van der Waals surface area contributed by atoms with Crippen LogP contribution in [0.25, 0.3) is 0 Å². The lowest BCUT2D eigenvalue weighted by Crippen LogP contribution is -2.32. The summed E-state index contributed by atoms with van der Waals surface area (Å²) in [4.78, 5) is 21.7. The Bertz CT molecular complexity index is 417. The zero-order valence-corrected chi connectivity index (χ0v) is 9.55. The van der Waals surface area contributed by atoms with E-state index in [1.165, 1.54) is 7.11 Å². The van der Waals surface area contributed by atoms with Crippen molar-refractivity contribution in [3.63, 3.8) is 0 Å². The molecule has 92 valence electrons. The maximum absolute atomic E-state index is 11.1. The van der Waals surface area contributed by atoms with E-state index in [0.717, 1.165) is 11.1 Å². The van der Waals surface area contributed by atoms with Gasteiger partial charge in [0.1, 0.15) is 6.04 Å². The first-order chi connectivity index (χ1) is 8.02. The molecule has 5 nitrogen and oxygen atoms in total. The molecule has 5 heteroatoms. The van der Waals surface area contributed by atoms with Crippen molar-refractivity contribution in [2.24, 2.45) is 5.73 Å². The van der Waals surface area contributed by atoms with E-state index in [9.17, 15) is 9.59 Å². The number of methoxy groups -OCH3 is 1. The van der Waals surface area contributed by atoms with Crippen LogP contribution in [0.15, 0.2) is 24.3 Å². The number of carbonyl (C=O) groups excluding carboxylic acids is 1. The average molecular weight is 237 g/mol. The Balaban J connectivity index is 2.72. The maximum Gasteiger partial charge on any atom is 0.320 e. The molecule has 0 aliphatic rings. The fraction of sp³-hybridized carbons (Fsp3) is 0.333. The first kappa shape index (κ1) is 13.2. The number of ether oxygens (including phenoxy) is 1. The normalized spacial score (nSPS) is 11.9. The average Bonchev–Trinajstić information content (AvgIpc) is 2.29. The van der Waals surface area contributed by atoms with Gasteiger partial charge in [0.2, 0.25) is 0 Å². The Morgan fingerprint density at radius 3 is 2.65 bits per heavy atom. The van der Waals surface area contributed by atoms with Gasteiger partial charge in [0.25, 0.3) is 0 Å². The highest BCUT2D eigenvalue weighted by molar-refractivity contribution is 5.74. The quantitative estimate of drug-likeness (QED) is 0.721. The van der Waals surface area contributed by atoms with Crippen LogP contribution < -0.4 is 5.73 Å². The van der Waals surface area contributed by atoms with Gasteiger partial charge < -0.3 is 15.6 Å². The monoisotopic (exact) mass is 237 g/mol. The lowest BCUT2D eigenvalue weighted by atomic mass is 10.0. The number of nitrogens with two attached hydrogens (primary N) is 1. The van der Waals surface area contributed by atoms with E-state index < -0.39 is 12.0 Å². The Hall–Kier alpha value is -1.88. The molecule has 0 spiro atoms. The van der Waals surface area contributed by atoms with Gasteiger partial charge in [0.05, 0.1) is 13.5 Å². The Kier molecular flexibility index (Phi) is 4.66. The van der Waals surface area contributed by atoms with Crippen molar-refractivity contribution in [3.05, 3.63) is 35.4 Å². The standard InChI is InChI=1S/C12H15NO4/c1-17-11(14)7-9-4-2-3-8(5-9)6-10(13)12(15)16/h2-5,10H,6-7,13H2,1H3,(H,15,16)/t10-/m0/s1. The Morgan fingerprint density at radius 2 is 2.06 bits per heavy atom. The molecular formula is C12H15NO4. The maximum atomic E-state index is 11.1. The van der Waals surface area contributed by atoms with Gasteiger partial charge in [0.15, 0.2) is 0 Å². The highest BCUT2D eigenvalue weighted by Crippen LogP contribution is 2.08. The number of carboxylic acids is 1. The van der Waals surface area contributed by atoms with E-state index in [1.54, 1.807) is 24.3 Å². The van der Waals surface area contributed by atoms with Gasteiger partial charge in [-0.15, -0.1) is 0 Å². The highest BCUT2D eigenvalue weighted by Gasteiger charge is 2.12. The van der Waals surface area contributed by atoms with Gasteiger partial charge in [-0.25, -0.2) is 0 Å². The fourth-order valence-electron chi connectivity index (χ4n) is 1.45. The smallest absolute Gasteiger partial charge is 0.320 e. The number of carboxylic acid groups (broad SMARTS) is 1. The molecule has 0 aliphatic heterocycles. The zero-order chi connectivity index (χ0) is 12.8. The summed E-state index contributed by atoms with van der Waals surface area (Å²) in [5.74, 6) is -1.37. The molecule has 3 N–H and O–H groups in total. The molecular weight excluding hydrogens is 222 g/mol. The third-order valence-electron chi connectivity index (χ3n) is 2.34. The molecule has 0 aromatic heterocycles. The van der Waals surface area contributed by atoms with Crippen molar-refractivity contribution >= 4 is 11.9 Å². The van der Waals surface area contributed by atoms with E-state index in [1.807, 2.05) is 0 Å². The summed E-state index contributed by atoms with van der Waals surface area (Å²) in [6, 6.07) is 6.17. The molecule has 0 bridgehead atoms. The lowest BCUT2D eigenvalue weighted by Gasteiger charge is -2.07. The van der Waals surface area contributed by atoms with Crippen LogP contribution in [-0.2, 0) is 27.2 Å². The molecule has 0 radical (unpaired) electrons. The molecule has 1 aromatic rings. The molecule has 0 aliphatic carbocycles. The summed E-state index contributed by atoms with van der Waals surface area (Å²) in [6.07, 6.45) is 0.414. The van der Waals surface area contributed by atoms with Crippen molar-refractivity contribution in [1.82, 2.24) is 0 Å². The van der Waals surface area contributed by atoms with Crippen molar-refractivity contribution in [2.75, 3.05) is 7.11 Å². The lowest BCUT2D eigenvalue weighted by molar-refractivity contribution is -0.140. The fourth-order valence-corrected chi connectivity index (χ4v) is 1.45. The van der Waals surface area contributed by atoms with Crippen LogP contribution in [0.2, 0.25) is 0 Å². The summed E-state index contributed by atoms with van der Waals surface area (Å²) in [5.41, 5.74) is 7.01. The van der Waals surface area contributed by atoms with E-state index in [2.05, 4.69) is 4.74 Å². The minimum atomic E-state index is -1.04. The molecule has 0 unspecified atom stereocenters. The molecule has 17 heavy (non-hydrogen) atoms. The van der Waals surface area contributed by atoms with Gasteiger partial charge in [-0.05, 0) is 17.5 Å². The van der Waals surface area contributed by atoms with Crippen LogP contribution in [0.1, 0.15) is 11.1 Å². The first-order valence-corrected chi connectivity index (χ1v) is 5.16. The number of hydrogen-bond donors (Lipinski definition) is 2. The van der Waals surface area contributed by atoms with Crippen molar-refractivity contribution < 1.29 is 19.4 Å². The summed E-state index contributed by atoms with van der Waals surface area (Å²) >= 11 is 0. The molecule has 1 atom stereocenters. The Labute approximate surface area is 99.2 Å². The van der Waals surface area contributed by atoms with Crippen LogP contribution in [-0.4, -0.2) is 30.2 Å². The largest absolute Gasteiger partial charge is 0.480 e. The second kappa shape index (κ2) is 6.00. The number of carbonyl (C=O) groups is 2. The minimum Gasteiger partial charge on any atom is -0.480 e. The summed E-state index contributed by atoms with van der Waals surface area (Å²) in [7, 11) is 1.33. The third kappa shape index (κ3) is 4.24. The SMILES string of the molecule is COC(=O)Cc1cccc(C[C@H](N)C(=O)O)c1. The second-order valence-corrected chi connectivity index (χ2v) is 3.72. The summed E-state index contributed by atoms with van der Waals surface area (Å²) in [6.45, 7) is 0. The van der Waals surface area contributed by atoms with Gasteiger partial charge in [-0.3, -0.25) is 9.59 Å². The highest BCUT2D eigenvalue weighted by atomic mass is 16.5. The van der Waals surface area contributed by atoms with Crippen LogP contribution in [0.5, 0.6) is 0 Å². The molecule has 0 amide bonds. The van der Waals surface area contributed by atoms with Crippen LogP contribution in [0.4, 0.5) is 0 Å². The van der Waals surface area contributed by atoms with E-state index in [4.69, 9.17) is 10.8 Å². The zero-order valence-electron chi connectivity index (χ0n) is 9.55. The molecule has 0 fully saturated rings. The van der Waals surface area contributed by atoms with E-state index in [0.29, 0.717) is 0 Å². The molecule has 1 aromatic carbocycles. The van der Waals surface area contributed by atoms with Crippen LogP contribution in [0.3, 0.4) is 0 Å². The minimum absolute atomic E-state index is 0.173. The summed E-state index contributed by atoms with van der Waals surface area (Å²) < 4.78 is 4.56.